The fourth-order valence-corrected chi connectivity index (χ4v) is 6.01. The van der Waals surface area contributed by atoms with Gasteiger partial charge in [-0.15, -0.1) is 0 Å². The van der Waals surface area contributed by atoms with Crippen LogP contribution in [0.1, 0.15) is 68.8 Å². The molecule has 38 heavy (non-hydrogen) atoms. The van der Waals surface area contributed by atoms with Gasteiger partial charge in [-0.05, 0) is 51.8 Å². The number of benzene rings is 1. The second-order valence-electron chi connectivity index (χ2n) is 10.6. The van der Waals surface area contributed by atoms with Crippen molar-refractivity contribution in [1.82, 2.24) is 14.1 Å². The van der Waals surface area contributed by atoms with E-state index in [9.17, 15) is 31.9 Å². The Balaban J connectivity index is 1.73. The zero-order chi connectivity index (χ0) is 28.2. The Kier molecular flexibility index (Phi) is 7.40. The van der Waals surface area contributed by atoms with E-state index in [-0.39, 0.29) is 30.8 Å². The van der Waals surface area contributed by atoms with Crippen molar-refractivity contribution in [1.29, 1.82) is 0 Å². The van der Waals surface area contributed by atoms with Crippen LogP contribution in [-0.2, 0) is 42.1 Å². The van der Waals surface area contributed by atoms with E-state index < -0.39 is 63.3 Å². The molecule has 1 aromatic carbocycles. The first-order valence-corrected chi connectivity index (χ1v) is 14.1. The number of carbonyl (C=O) groups is 2. The van der Waals surface area contributed by atoms with Gasteiger partial charge in [0.05, 0.1) is 36.3 Å². The number of aliphatic carboxylic acids is 1. The summed E-state index contributed by atoms with van der Waals surface area (Å²) in [5.41, 5.74) is -0.126. The number of carboxylic acid groups (broad SMARTS) is 1. The molecule has 1 N–H and O–H groups in total. The number of aryl methyl sites for hydroxylation is 1. The molecule has 0 aliphatic carbocycles. The molecule has 0 amide bonds. The lowest BCUT2D eigenvalue weighted by molar-refractivity contribution is -0.175. The summed E-state index contributed by atoms with van der Waals surface area (Å²) in [5.74, 6) is -4.44. The van der Waals surface area contributed by atoms with Gasteiger partial charge in [0.15, 0.2) is 0 Å². The van der Waals surface area contributed by atoms with Gasteiger partial charge in [-0.2, -0.15) is 9.19 Å². The molecule has 1 fully saturated rings. The Hall–Kier alpha value is -2.90. The van der Waals surface area contributed by atoms with Crippen LogP contribution < -0.4 is 0 Å². The maximum absolute atomic E-state index is 14.7. The maximum Gasteiger partial charge on any atom is 0.325 e. The van der Waals surface area contributed by atoms with Crippen LogP contribution in [-0.4, -0.2) is 64.1 Å². The van der Waals surface area contributed by atoms with Crippen LogP contribution in [0.25, 0.3) is 0 Å². The monoisotopic (exact) mass is 555 g/mol. The molecular weight excluding hydrogens is 524 g/mol. The van der Waals surface area contributed by atoms with Crippen LogP contribution in [0.3, 0.4) is 0 Å². The van der Waals surface area contributed by atoms with Crippen LogP contribution in [0.5, 0.6) is 0 Å². The smallest absolute Gasteiger partial charge is 0.325 e. The first kappa shape index (κ1) is 28.1. The molecule has 0 saturated carbocycles. The minimum atomic E-state index is -3.82. The highest BCUT2D eigenvalue weighted by molar-refractivity contribution is 7.89. The van der Waals surface area contributed by atoms with E-state index in [0.29, 0.717) is 17.7 Å². The molecule has 2 aliphatic rings. The van der Waals surface area contributed by atoms with Gasteiger partial charge in [0.25, 0.3) is 10.0 Å². The molecule has 13 heteroatoms. The number of halogens is 2. The van der Waals surface area contributed by atoms with E-state index in [1.165, 1.54) is 0 Å². The number of hydrogen-bond acceptors (Lipinski definition) is 8. The Labute approximate surface area is 219 Å². The van der Waals surface area contributed by atoms with E-state index in [1.807, 2.05) is 0 Å². The van der Waals surface area contributed by atoms with Gasteiger partial charge in [-0.3, -0.25) is 14.5 Å². The number of rotatable bonds is 6. The van der Waals surface area contributed by atoms with Crippen LogP contribution in [0.2, 0.25) is 0 Å². The number of ether oxygens (including phenoxy) is 2. The second-order valence-corrected chi connectivity index (χ2v) is 12.4. The third-order valence-electron chi connectivity index (χ3n) is 6.69. The van der Waals surface area contributed by atoms with Crippen LogP contribution in [0.4, 0.5) is 8.78 Å². The predicted molar refractivity (Wildman–Crippen MR) is 131 cm³/mol. The Morgan fingerprint density at radius 1 is 1.26 bits per heavy atom. The minimum absolute atomic E-state index is 0.0113. The van der Waals surface area contributed by atoms with Crippen LogP contribution in [0.15, 0.2) is 18.2 Å². The van der Waals surface area contributed by atoms with Crippen molar-refractivity contribution in [2.24, 2.45) is 5.92 Å². The van der Waals surface area contributed by atoms with E-state index in [4.69, 9.17) is 9.47 Å². The zero-order valence-corrected chi connectivity index (χ0v) is 22.6. The molecule has 3 heterocycles. The number of carbonyl (C=O) groups excluding carboxylic acids is 1. The lowest BCUT2D eigenvalue weighted by Crippen LogP contribution is -2.48. The van der Waals surface area contributed by atoms with Crippen molar-refractivity contribution >= 4 is 22.0 Å². The SMILES string of the molecule is CCc1nn(S(C)(=O)=O)c2c1C(C(=O)O)N([C@H]1CO[C@@H](c3cc(F)ccc3F)[C@@H](C(=O)OC(C)(C)C)C1)C2. The van der Waals surface area contributed by atoms with Crippen molar-refractivity contribution in [3.8, 4) is 0 Å². The summed E-state index contributed by atoms with van der Waals surface area (Å²) < 4.78 is 65.9. The highest BCUT2D eigenvalue weighted by Crippen LogP contribution is 2.44. The number of fused-ring (bicyclic) bond motifs is 1. The number of aromatic nitrogens is 2. The average Bonchev–Trinajstić information content (AvgIpc) is 3.36. The molecule has 10 nitrogen and oxygen atoms in total. The third-order valence-corrected chi connectivity index (χ3v) is 7.62. The normalized spacial score (nSPS) is 24.3. The van der Waals surface area contributed by atoms with E-state index in [1.54, 1.807) is 32.6 Å². The largest absolute Gasteiger partial charge is 0.480 e. The van der Waals surface area contributed by atoms with Gasteiger partial charge in [0, 0.05) is 23.7 Å². The Morgan fingerprint density at radius 2 is 1.95 bits per heavy atom. The Morgan fingerprint density at radius 3 is 2.53 bits per heavy atom. The summed E-state index contributed by atoms with van der Waals surface area (Å²) in [5, 5.41) is 14.3. The first-order valence-electron chi connectivity index (χ1n) is 12.2. The molecule has 1 unspecified atom stereocenters. The number of carboxylic acids is 1. The predicted octanol–water partition coefficient (Wildman–Crippen LogP) is 2.96. The van der Waals surface area contributed by atoms with E-state index >= 15 is 0 Å². The summed E-state index contributed by atoms with van der Waals surface area (Å²) >= 11 is 0. The van der Waals surface area contributed by atoms with Gasteiger partial charge in [0.1, 0.15) is 23.3 Å². The van der Waals surface area contributed by atoms with Crippen molar-refractivity contribution in [2.45, 2.75) is 70.9 Å². The molecule has 4 atom stereocenters. The fraction of sp³-hybridized carbons (Fsp3) is 0.560. The molecule has 208 valence electrons. The molecule has 2 aromatic rings. The molecule has 2 aliphatic heterocycles. The highest BCUT2D eigenvalue weighted by atomic mass is 32.2. The van der Waals surface area contributed by atoms with Crippen LogP contribution >= 0.6 is 0 Å². The van der Waals surface area contributed by atoms with Crippen molar-refractivity contribution in [3.05, 3.63) is 52.3 Å². The molecule has 1 aromatic heterocycles. The third kappa shape index (κ3) is 5.32. The summed E-state index contributed by atoms with van der Waals surface area (Å²) in [7, 11) is -3.82. The van der Waals surface area contributed by atoms with E-state index in [0.717, 1.165) is 28.5 Å². The molecule has 0 spiro atoms. The number of nitrogens with zero attached hydrogens (tertiary/aromatic N) is 3. The molecule has 0 radical (unpaired) electrons. The summed E-state index contributed by atoms with van der Waals surface area (Å²) in [4.78, 5) is 27.3. The lowest BCUT2D eigenvalue weighted by atomic mass is 9.86. The Bertz CT molecular complexity index is 1370. The average molecular weight is 556 g/mol. The second kappa shape index (κ2) is 10.0. The van der Waals surface area contributed by atoms with E-state index in [2.05, 4.69) is 5.10 Å². The molecule has 4 rings (SSSR count). The van der Waals surface area contributed by atoms with Gasteiger partial charge in [-0.1, -0.05) is 6.92 Å². The fourth-order valence-electron chi connectivity index (χ4n) is 5.21. The van der Waals surface area contributed by atoms with Crippen molar-refractivity contribution < 1.29 is 41.4 Å². The van der Waals surface area contributed by atoms with Crippen molar-refractivity contribution in [2.75, 3.05) is 12.9 Å². The van der Waals surface area contributed by atoms with Gasteiger partial charge < -0.3 is 14.6 Å². The zero-order valence-electron chi connectivity index (χ0n) is 21.8. The molecule has 0 bridgehead atoms. The van der Waals surface area contributed by atoms with Gasteiger partial charge in [-0.25, -0.2) is 17.2 Å². The first-order chi connectivity index (χ1) is 17.6. The quantitative estimate of drug-likeness (QED) is 0.535. The summed E-state index contributed by atoms with van der Waals surface area (Å²) in [6.45, 7) is 6.58. The lowest BCUT2D eigenvalue weighted by Gasteiger charge is -2.41. The number of esters is 1. The standard InChI is InChI=1S/C25H31F2N3O7S/c1-6-18-20-19(30(28-18)38(5,34)35)11-29(21(20)23(31)32)14-10-16(24(33)37-25(2,3)4)22(36-12-14)15-9-13(26)7-8-17(15)27/h7-9,14,16,21-22H,6,10-12H2,1-5H3,(H,31,32)/t14-,16+,21?,22+/m1/s1. The maximum atomic E-state index is 14.7. The molecular formula is C25H31F2N3O7S. The van der Waals surface area contributed by atoms with Gasteiger partial charge >= 0.3 is 11.9 Å². The summed E-state index contributed by atoms with van der Waals surface area (Å²) in [6.07, 6.45) is 0.142. The number of hydrogen-bond donors (Lipinski definition) is 1. The van der Waals surface area contributed by atoms with Crippen molar-refractivity contribution in [3.63, 3.8) is 0 Å². The van der Waals surface area contributed by atoms with Gasteiger partial charge in [0.2, 0.25) is 0 Å². The van der Waals surface area contributed by atoms with Crippen LogP contribution in [0, 0.1) is 17.6 Å². The highest BCUT2D eigenvalue weighted by Gasteiger charge is 2.49. The molecule has 1 saturated heterocycles. The minimum Gasteiger partial charge on any atom is -0.480 e. The summed E-state index contributed by atoms with van der Waals surface area (Å²) in [6, 6.07) is 0.977. The topological polar surface area (TPSA) is 128 Å².